The second-order valence-corrected chi connectivity index (χ2v) is 19.9. The Morgan fingerprint density at radius 1 is 0.286 bits per heavy atom. The third kappa shape index (κ3) is 42.5. The smallest absolute Gasteiger partial charge is 0.305 e. The lowest BCUT2D eigenvalue weighted by atomic mass is 9.90. The molecule has 0 aromatic carbocycles. The van der Waals surface area contributed by atoms with Crippen LogP contribution in [-0.4, -0.2) is 25.2 Å². The van der Waals surface area contributed by atoms with Gasteiger partial charge in [0.05, 0.1) is 13.2 Å². The fourth-order valence-electron chi connectivity index (χ4n) is 8.38. The lowest BCUT2D eigenvalue weighted by Gasteiger charge is -2.17. The summed E-state index contributed by atoms with van der Waals surface area (Å²) in [7, 11) is 0. The molecular formula is C52H102O4. The summed E-state index contributed by atoms with van der Waals surface area (Å²) in [5.41, 5.74) is 0. The molecule has 0 fully saturated rings. The summed E-state index contributed by atoms with van der Waals surface area (Å²) in [5, 5.41) is 0. The zero-order valence-electron chi connectivity index (χ0n) is 39.6. The van der Waals surface area contributed by atoms with Crippen molar-refractivity contribution in [2.24, 2.45) is 35.5 Å². The number of ether oxygens (including phenoxy) is 2. The topological polar surface area (TPSA) is 52.6 Å². The predicted molar refractivity (Wildman–Crippen MR) is 245 cm³/mol. The van der Waals surface area contributed by atoms with Crippen LogP contribution in [0.3, 0.4) is 0 Å². The van der Waals surface area contributed by atoms with Gasteiger partial charge in [0.2, 0.25) is 0 Å². The van der Waals surface area contributed by atoms with Crippen molar-refractivity contribution in [1.82, 2.24) is 0 Å². The molecule has 0 N–H and O–H groups in total. The van der Waals surface area contributed by atoms with E-state index in [1.807, 2.05) is 0 Å². The van der Waals surface area contributed by atoms with E-state index in [0.29, 0.717) is 26.1 Å². The average molecular weight is 791 g/mol. The molecule has 0 unspecified atom stereocenters. The van der Waals surface area contributed by atoms with Gasteiger partial charge in [-0.3, -0.25) is 9.59 Å². The fourth-order valence-corrected chi connectivity index (χ4v) is 8.38. The molecule has 0 bridgehead atoms. The SMILES string of the molecule is CC(C)CCCCCC(CCCCCC(C)C)CCCOC(=O)CCCCCCCCCCC(=O)OCCCC(CCCCCC(C)C)CCCCCC(C)C. The van der Waals surface area contributed by atoms with E-state index in [0.717, 1.165) is 74.0 Å². The molecule has 0 aliphatic carbocycles. The summed E-state index contributed by atoms with van der Waals surface area (Å²) >= 11 is 0. The first kappa shape index (κ1) is 54.9. The maximum atomic E-state index is 12.4. The van der Waals surface area contributed by atoms with Gasteiger partial charge < -0.3 is 9.47 Å². The zero-order chi connectivity index (χ0) is 41.5. The van der Waals surface area contributed by atoms with Crippen molar-refractivity contribution >= 4 is 11.9 Å². The Morgan fingerprint density at radius 3 is 0.768 bits per heavy atom. The van der Waals surface area contributed by atoms with E-state index in [1.165, 1.54) is 167 Å². The van der Waals surface area contributed by atoms with Crippen LogP contribution >= 0.6 is 0 Å². The van der Waals surface area contributed by atoms with Gasteiger partial charge in [0.15, 0.2) is 0 Å². The van der Waals surface area contributed by atoms with Crippen molar-refractivity contribution in [3.05, 3.63) is 0 Å². The van der Waals surface area contributed by atoms with Crippen molar-refractivity contribution in [1.29, 1.82) is 0 Å². The highest BCUT2D eigenvalue weighted by Gasteiger charge is 2.12. The van der Waals surface area contributed by atoms with E-state index < -0.39 is 0 Å². The van der Waals surface area contributed by atoms with Crippen LogP contribution in [-0.2, 0) is 19.1 Å². The Morgan fingerprint density at radius 2 is 0.500 bits per heavy atom. The summed E-state index contributed by atoms with van der Waals surface area (Å²) in [4.78, 5) is 24.7. The predicted octanol–water partition coefficient (Wildman–Crippen LogP) is 17.2. The molecule has 0 radical (unpaired) electrons. The van der Waals surface area contributed by atoms with Gasteiger partial charge in [-0.1, -0.05) is 222 Å². The van der Waals surface area contributed by atoms with Crippen molar-refractivity contribution in [3.8, 4) is 0 Å². The normalized spacial score (nSPS) is 12.0. The highest BCUT2D eigenvalue weighted by Crippen LogP contribution is 2.25. The molecule has 0 spiro atoms. The van der Waals surface area contributed by atoms with Crippen molar-refractivity contribution in [2.45, 2.75) is 274 Å². The van der Waals surface area contributed by atoms with E-state index in [9.17, 15) is 9.59 Å². The molecule has 0 aliphatic heterocycles. The van der Waals surface area contributed by atoms with Crippen LogP contribution in [0.4, 0.5) is 0 Å². The number of carbonyl (C=O) groups is 2. The Balaban J connectivity index is 3.94. The molecule has 56 heavy (non-hydrogen) atoms. The molecule has 0 saturated carbocycles. The molecule has 0 rings (SSSR count). The molecule has 0 aromatic heterocycles. The zero-order valence-corrected chi connectivity index (χ0v) is 39.6. The minimum atomic E-state index is -0.00401. The van der Waals surface area contributed by atoms with Gasteiger partial charge in [-0.15, -0.1) is 0 Å². The van der Waals surface area contributed by atoms with Gasteiger partial charge in [-0.05, 0) is 74.0 Å². The van der Waals surface area contributed by atoms with Crippen LogP contribution in [0, 0.1) is 35.5 Å². The van der Waals surface area contributed by atoms with E-state index in [-0.39, 0.29) is 11.9 Å². The molecule has 0 atom stereocenters. The highest BCUT2D eigenvalue weighted by molar-refractivity contribution is 5.69. The average Bonchev–Trinajstić information content (AvgIpc) is 3.14. The number of carbonyl (C=O) groups excluding carboxylic acids is 2. The molecule has 4 nitrogen and oxygen atoms in total. The molecule has 334 valence electrons. The summed E-state index contributed by atoms with van der Waals surface area (Å²) in [6.07, 6.45) is 41.7. The maximum absolute atomic E-state index is 12.4. The van der Waals surface area contributed by atoms with Gasteiger partial charge in [0.1, 0.15) is 0 Å². The quantitative estimate of drug-likeness (QED) is 0.0456. The molecule has 0 saturated heterocycles. The Kier molecular flexibility index (Phi) is 39.9. The Hall–Kier alpha value is -1.06. The van der Waals surface area contributed by atoms with E-state index >= 15 is 0 Å². The highest BCUT2D eigenvalue weighted by atomic mass is 16.5. The van der Waals surface area contributed by atoms with Crippen LogP contribution in [0.2, 0.25) is 0 Å². The van der Waals surface area contributed by atoms with E-state index in [1.54, 1.807) is 0 Å². The third-order valence-corrected chi connectivity index (χ3v) is 12.1. The van der Waals surface area contributed by atoms with Gasteiger partial charge in [-0.25, -0.2) is 0 Å². The minimum Gasteiger partial charge on any atom is -0.466 e. The van der Waals surface area contributed by atoms with Gasteiger partial charge in [-0.2, -0.15) is 0 Å². The third-order valence-electron chi connectivity index (χ3n) is 12.1. The van der Waals surface area contributed by atoms with Gasteiger partial charge in [0.25, 0.3) is 0 Å². The number of esters is 2. The summed E-state index contributed by atoms with van der Waals surface area (Å²) in [5.74, 6) is 4.86. The van der Waals surface area contributed by atoms with Crippen LogP contribution in [0.15, 0.2) is 0 Å². The van der Waals surface area contributed by atoms with Crippen LogP contribution < -0.4 is 0 Å². The maximum Gasteiger partial charge on any atom is 0.305 e. The van der Waals surface area contributed by atoms with Crippen LogP contribution in [0.1, 0.15) is 274 Å². The van der Waals surface area contributed by atoms with Crippen molar-refractivity contribution in [3.63, 3.8) is 0 Å². The Labute approximate surface area is 352 Å². The molecule has 0 amide bonds. The molecular weight excluding hydrogens is 689 g/mol. The molecule has 0 aromatic rings. The fraction of sp³-hybridized carbons (Fsp3) is 0.962. The second-order valence-electron chi connectivity index (χ2n) is 19.9. The summed E-state index contributed by atoms with van der Waals surface area (Å²) in [6.45, 7) is 19.8. The van der Waals surface area contributed by atoms with Gasteiger partial charge in [0, 0.05) is 12.8 Å². The number of unbranched alkanes of at least 4 members (excludes halogenated alkanes) is 15. The molecule has 0 aliphatic rings. The lowest BCUT2D eigenvalue weighted by Crippen LogP contribution is -2.08. The van der Waals surface area contributed by atoms with Crippen LogP contribution in [0.5, 0.6) is 0 Å². The number of hydrogen-bond acceptors (Lipinski definition) is 4. The standard InChI is InChI=1S/C52H102O4/c1-45(2)31-19-15-23-35-49(36-24-16-20-32-46(3)4)39-29-43-55-51(53)41-27-13-11-9-10-12-14-28-42-52(54)56-44-30-40-50(37-25-17-21-33-47(5)6)38-26-18-22-34-48(7)8/h45-50H,9-44H2,1-8H3. The minimum absolute atomic E-state index is 0.00401. The van der Waals surface area contributed by atoms with Crippen molar-refractivity contribution in [2.75, 3.05) is 13.2 Å². The Bertz CT molecular complexity index is 729. The first-order chi connectivity index (χ1) is 27.0. The first-order valence-corrected chi connectivity index (χ1v) is 25.3. The first-order valence-electron chi connectivity index (χ1n) is 25.3. The summed E-state index contributed by atoms with van der Waals surface area (Å²) < 4.78 is 11.3. The molecule has 0 heterocycles. The summed E-state index contributed by atoms with van der Waals surface area (Å²) in [6, 6.07) is 0. The van der Waals surface area contributed by atoms with E-state index in [4.69, 9.17) is 9.47 Å². The van der Waals surface area contributed by atoms with Crippen LogP contribution in [0.25, 0.3) is 0 Å². The van der Waals surface area contributed by atoms with E-state index in [2.05, 4.69) is 55.4 Å². The van der Waals surface area contributed by atoms with Crippen molar-refractivity contribution < 1.29 is 19.1 Å². The monoisotopic (exact) mass is 791 g/mol. The molecule has 4 heteroatoms. The largest absolute Gasteiger partial charge is 0.466 e. The van der Waals surface area contributed by atoms with Gasteiger partial charge >= 0.3 is 11.9 Å². The second kappa shape index (κ2) is 40.7. The number of rotatable bonds is 43. The number of hydrogen-bond donors (Lipinski definition) is 0. The lowest BCUT2D eigenvalue weighted by molar-refractivity contribution is -0.144.